The molecule has 0 unspecified atom stereocenters. The Bertz CT molecular complexity index is 922. The Morgan fingerprint density at radius 1 is 1.11 bits per heavy atom. The molecule has 0 fully saturated rings. The van der Waals surface area contributed by atoms with Gasteiger partial charge in [-0.05, 0) is 37.9 Å². The summed E-state index contributed by atoms with van der Waals surface area (Å²) in [7, 11) is 3.88. The molecular formula is C22H23N3O3. The summed E-state index contributed by atoms with van der Waals surface area (Å²) in [5.41, 5.74) is 1.91. The van der Waals surface area contributed by atoms with E-state index in [0.29, 0.717) is 17.7 Å². The first-order valence-electron chi connectivity index (χ1n) is 9.04. The van der Waals surface area contributed by atoms with E-state index in [1.165, 1.54) is 18.2 Å². The Hall–Kier alpha value is -3.25. The number of hydrogen-bond donors (Lipinski definition) is 1. The molecule has 3 rings (SSSR count). The van der Waals surface area contributed by atoms with Gasteiger partial charge < -0.3 is 10.2 Å². The minimum absolute atomic E-state index is 0.146. The van der Waals surface area contributed by atoms with Crippen LogP contribution in [0.1, 0.15) is 42.7 Å². The van der Waals surface area contributed by atoms with Crippen molar-refractivity contribution in [3.8, 4) is 0 Å². The molecule has 2 aromatic rings. The van der Waals surface area contributed by atoms with Crippen molar-refractivity contribution in [2.75, 3.05) is 27.2 Å². The van der Waals surface area contributed by atoms with Crippen LogP contribution in [0, 0.1) is 0 Å². The Morgan fingerprint density at radius 3 is 2.43 bits per heavy atom. The summed E-state index contributed by atoms with van der Waals surface area (Å²) < 4.78 is 0. The monoisotopic (exact) mass is 377 g/mol. The predicted octanol–water partition coefficient (Wildman–Crippen LogP) is 2.50. The highest BCUT2D eigenvalue weighted by atomic mass is 16.2. The van der Waals surface area contributed by atoms with Crippen LogP contribution in [-0.4, -0.2) is 54.7 Å². The van der Waals surface area contributed by atoms with E-state index in [9.17, 15) is 14.4 Å². The maximum atomic E-state index is 12.8. The molecule has 1 atom stereocenters. The van der Waals surface area contributed by atoms with E-state index in [0.717, 1.165) is 10.5 Å². The topological polar surface area (TPSA) is 69.7 Å². The molecule has 0 spiro atoms. The molecule has 1 heterocycles. The molecule has 0 bridgehead atoms. The van der Waals surface area contributed by atoms with Crippen molar-refractivity contribution in [1.82, 2.24) is 15.1 Å². The Kier molecular flexibility index (Phi) is 5.70. The van der Waals surface area contributed by atoms with Gasteiger partial charge in [0.2, 0.25) is 0 Å². The first kappa shape index (κ1) is 19.5. The molecule has 0 aromatic heterocycles. The largest absolute Gasteiger partial charge is 0.344 e. The summed E-state index contributed by atoms with van der Waals surface area (Å²) in [6, 6.07) is 14.1. The first-order chi connectivity index (χ1) is 13.4. The van der Waals surface area contributed by atoms with E-state index in [1.807, 2.05) is 49.3 Å². The van der Waals surface area contributed by atoms with E-state index in [-0.39, 0.29) is 30.0 Å². The number of rotatable bonds is 7. The van der Waals surface area contributed by atoms with Crippen LogP contribution in [-0.2, 0) is 0 Å². The first-order valence-corrected chi connectivity index (χ1v) is 9.04. The number of benzene rings is 2. The molecule has 28 heavy (non-hydrogen) atoms. The van der Waals surface area contributed by atoms with Gasteiger partial charge in [0.1, 0.15) is 0 Å². The van der Waals surface area contributed by atoms with Crippen LogP contribution in [0.4, 0.5) is 0 Å². The molecule has 144 valence electrons. The summed E-state index contributed by atoms with van der Waals surface area (Å²) in [6.07, 6.45) is 1.50. The zero-order valence-corrected chi connectivity index (χ0v) is 16.0. The fraction of sp³-hybridized carbons (Fsp3) is 0.227. The van der Waals surface area contributed by atoms with Crippen molar-refractivity contribution in [3.63, 3.8) is 0 Å². The van der Waals surface area contributed by atoms with Gasteiger partial charge >= 0.3 is 0 Å². The van der Waals surface area contributed by atoms with Gasteiger partial charge in [0, 0.05) is 18.7 Å². The molecule has 6 nitrogen and oxygen atoms in total. The number of fused-ring (bicyclic) bond motifs is 1. The maximum absolute atomic E-state index is 12.8. The summed E-state index contributed by atoms with van der Waals surface area (Å²) >= 11 is 0. The number of likely N-dealkylation sites (N-methyl/N-ethyl adjacent to an activating group) is 1. The van der Waals surface area contributed by atoms with Crippen LogP contribution >= 0.6 is 0 Å². The van der Waals surface area contributed by atoms with Crippen molar-refractivity contribution in [2.24, 2.45) is 0 Å². The van der Waals surface area contributed by atoms with E-state index < -0.39 is 5.91 Å². The van der Waals surface area contributed by atoms with E-state index in [4.69, 9.17) is 0 Å². The molecular weight excluding hydrogens is 354 g/mol. The normalized spacial score (nSPS) is 14.2. The van der Waals surface area contributed by atoms with Crippen LogP contribution in [0.5, 0.6) is 0 Å². The molecule has 1 N–H and O–H groups in total. The smallest absolute Gasteiger partial charge is 0.261 e. The fourth-order valence-corrected chi connectivity index (χ4v) is 3.25. The van der Waals surface area contributed by atoms with Crippen LogP contribution < -0.4 is 5.32 Å². The maximum Gasteiger partial charge on any atom is 0.261 e. The van der Waals surface area contributed by atoms with Gasteiger partial charge in [0.25, 0.3) is 17.7 Å². The lowest BCUT2D eigenvalue weighted by Gasteiger charge is -2.23. The van der Waals surface area contributed by atoms with Gasteiger partial charge in [-0.1, -0.05) is 36.4 Å². The summed E-state index contributed by atoms with van der Waals surface area (Å²) in [5, 5.41) is 3.03. The summed E-state index contributed by atoms with van der Waals surface area (Å²) in [6.45, 7) is 4.35. The Labute approximate surface area is 164 Å². The van der Waals surface area contributed by atoms with Crippen LogP contribution in [0.2, 0.25) is 0 Å². The van der Waals surface area contributed by atoms with Crippen molar-refractivity contribution >= 4 is 17.7 Å². The lowest BCUT2D eigenvalue weighted by molar-refractivity contribution is 0.0672. The fourth-order valence-electron chi connectivity index (χ4n) is 3.25. The van der Waals surface area contributed by atoms with Crippen molar-refractivity contribution in [1.29, 1.82) is 0 Å². The second-order valence-electron chi connectivity index (χ2n) is 6.97. The highest BCUT2D eigenvalue weighted by molar-refractivity contribution is 6.22. The third-order valence-electron chi connectivity index (χ3n) is 4.60. The number of nitrogens with zero attached hydrogens (tertiary/aromatic N) is 2. The quantitative estimate of drug-likeness (QED) is 0.595. The molecule has 0 saturated carbocycles. The van der Waals surface area contributed by atoms with Gasteiger partial charge in [-0.2, -0.15) is 0 Å². The van der Waals surface area contributed by atoms with Gasteiger partial charge in [0.05, 0.1) is 17.2 Å². The van der Waals surface area contributed by atoms with Gasteiger partial charge in [-0.3, -0.25) is 19.3 Å². The highest BCUT2D eigenvalue weighted by Crippen LogP contribution is 2.24. The minimum atomic E-state index is -0.401. The summed E-state index contributed by atoms with van der Waals surface area (Å²) in [5.74, 6) is -1.05. The van der Waals surface area contributed by atoms with E-state index in [2.05, 4.69) is 11.9 Å². The van der Waals surface area contributed by atoms with Crippen LogP contribution in [0.25, 0.3) is 0 Å². The highest BCUT2D eigenvalue weighted by Gasteiger charge is 2.35. The van der Waals surface area contributed by atoms with Crippen molar-refractivity contribution in [2.45, 2.75) is 6.04 Å². The molecule has 3 amide bonds. The summed E-state index contributed by atoms with van der Waals surface area (Å²) in [4.78, 5) is 40.8. The third kappa shape index (κ3) is 3.87. The molecule has 6 heteroatoms. The molecule has 0 radical (unpaired) electrons. The van der Waals surface area contributed by atoms with Crippen LogP contribution in [0.15, 0.2) is 61.2 Å². The number of nitrogens with one attached hydrogen (secondary N) is 1. The van der Waals surface area contributed by atoms with E-state index in [1.54, 1.807) is 6.07 Å². The zero-order valence-electron chi connectivity index (χ0n) is 16.0. The minimum Gasteiger partial charge on any atom is -0.344 e. The number of hydrogen-bond acceptors (Lipinski definition) is 4. The predicted molar refractivity (Wildman–Crippen MR) is 107 cm³/mol. The molecule has 1 aliphatic rings. The average Bonchev–Trinajstić information content (AvgIpc) is 2.92. The number of carbonyl (C=O) groups is 3. The van der Waals surface area contributed by atoms with E-state index >= 15 is 0 Å². The van der Waals surface area contributed by atoms with Gasteiger partial charge in [-0.25, -0.2) is 0 Å². The lowest BCUT2D eigenvalue weighted by Crippen LogP contribution is -2.35. The van der Waals surface area contributed by atoms with Crippen molar-refractivity contribution < 1.29 is 14.4 Å². The number of amides is 3. The Morgan fingerprint density at radius 2 is 1.79 bits per heavy atom. The SMILES string of the molecule is C=CCN1C(=O)c2ccc(C(=O)N[C@@H](CN(C)C)c3ccccc3)cc2C1=O. The average molecular weight is 377 g/mol. The van der Waals surface area contributed by atoms with Gasteiger partial charge in [0.15, 0.2) is 0 Å². The molecule has 0 saturated heterocycles. The second-order valence-corrected chi connectivity index (χ2v) is 6.97. The second kappa shape index (κ2) is 8.19. The van der Waals surface area contributed by atoms with Gasteiger partial charge in [-0.15, -0.1) is 6.58 Å². The third-order valence-corrected chi connectivity index (χ3v) is 4.60. The molecule has 1 aliphatic heterocycles. The molecule has 0 aliphatic carbocycles. The van der Waals surface area contributed by atoms with Crippen molar-refractivity contribution in [3.05, 3.63) is 83.4 Å². The molecule has 2 aromatic carbocycles. The zero-order chi connectivity index (χ0) is 20.3. The number of carbonyl (C=O) groups excluding carboxylic acids is 3. The Balaban J connectivity index is 1.84. The standard InChI is InChI=1S/C22H23N3O3/c1-4-12-25-21(27)17-11-10-16(13-18(17)22(25)28)20(26)23-19(14-24(2)3)15-8-6-5-7-9-15/h4-11,13,19H,1,12,14H2,2-3H3,(H,23,26)/t19-/m0/s1. The number of imide groups is 1. The lowest BCUT2D eigenvalue weighted by atomic mass is 10.0. The van der Waals surface area contributed by atoms with Crippen LogP contribution in [0.3, 0.4) is 0 Å².